The highest BCUT2D eigenvalue weighted by molar-refractivity contribution is 14.0. The van der Waals surface area contributed by atoms with E-state index in [0.717, 1.165) is 57.3 Å². The van der Waals surface area contributed by atoms with Crippen LogP contribution in [0.3, 0.4) is 0 Å². The lowest BCUT2D eigenvalue weighted by molar-refractivity contribution is -0.135. The van der Waals surface area contributed by atoms with E-state index in [9.17, 15) is 4.79 Å². The van der Waals surface area contributed by atoms with E-state index in [1.54, 1.807) is 0 Å². The van der Waals surface area contributed by atoms with E-state index < -0.39 is 0 Å². The molecule has 1 saturated heterocycles. The molecule has 2 saturated carbocycles. The van der Waals surface area contributed by atoms with Crippen LogP contribution in [0.2, 0.25) is 0 Å². The molecular weight excluding hydrogens is 439 g/mol. The molecule has 3 aliphatic rings. The van der Waals surface area contributed by atoms with E-state index in [1.165, 1.54) is 44.9 Å². The average molecular weight is 476 g/mol. The van der Waals surface area contributed by atoms with Crippen molar-refractivity contribution in [3.63, 3.8) is 0 Å². The number of aliphatic imine (C=N–C) groups is 1. The Morgan fingerprint density at radius 1 is 1.12 bits per heavy atom. The van der Waals surface area contributed by atoms with Gasteiger partial charge in [-0.1, -0.05) is 32.1 Å². The number of carbonyl (C=O) groups is 1. The number of nitrogens with zero attached hydrogens (tertiary/aromatic N) is 2. The van der Waals surface area contributed by atoms with Crippen LogP contribution in [0.5, 0.6) is 0 Å². The Labute approximate surface area is 176 Å². The number of hydrogen-bond donors (Lipinski definition) is 2. The predicted octanol–water partition coefficient (Wildman–Crippen LogP) is 3.53. The van der Waals surface area contributed by atoms with Crippen LogP contribution in [0, 0.1) is 11.8 Å². The second-order valence-corrected chi connectivity index (χ2v) is 8.10. The fraction of sp³-hybridized carbons (Fsp3) is 0.900. The molecule has 26 heavy (non-hydrogen) atoms. The van der Waals surface area contributed by atoms with Crippen molar-refractivity contribution in [2.24, 2.45) is 16.8 Å². The number of halogens is 1. The van der Waals surface area contributed by atoms with Crippen molar-refractivity contribution in [2.45, 2.75) is 77.2 Å². The van der Waals surface area contributed by atoms with Crippen molar-refractivity contribution < 1.29 is 4.79 Å². The lowest BCUT2D eigenvalue weighted by Gasteiger charge is -2.26. The molecule has 0 spiro atoms. The minimum absolute atomic E-state index is 0. The van der Waals surface area contributed by atoms with Crippen molar-refractivity contribution in [3.05, 3.63) is 0 Å². The summed E-state index contributed by atoms with van der Waals surface area (Å²) in [6.45, 7) is 5.63. The molecule has 0 radical (unpaired) electrons. The van der Waals surface area contributed by atoms with Gasteiger partial charge in [-0.3, -0.25) is 9.79 Å². The van der Waals surface area contributed by atoms with Gasteiger partial charge in [-0.05, 0) is 44.9 Å². The van der Waals surface area contributed by atoms with Crippen molar-refractivity contribution in [1.82, 2.24) is 15.5 Å². The zero-order chi connectivity index (χ0) is 17.5. The predicted molar refractivity (Wildman–Crippen MR) is 118 cm³/mol. The number of amides is 1. The van der Waals surface area contributed by atoms with Gasteiger partial charge in [0.15, 0.2) is 5.96 Å². The first kappa shape index (κ1) is 21.8. The minimum Gasteiger partial charge on any atom is -0.357 e. The van der Waals surface area contributed by atoms with Crippen LogP contribution in [-0.2, 0) is 4.79 Å². The lowest BCUT2D eigenvalue weighted by atomic mass is 9.88. The molecule has 1 amide bonds. The molecule has 2 N–H and O–H groups in total. The van der Waals surface area contributed by atoms with Crippen LogP contribution in [0.1, 0.15) is 71.1 Å². The van der Waals surface area contributed by atoms with Gasteiger partial charge in [-0.15, -0.1) is 24.0 Å². The Kier molecular flexibility index (Phi) is 9.50. The third-order valence-electron chi connectivity index (χ3n) is 5.88. The van der Waals surface area contributed by atoms with E-state index in [0.29, 0.717) is 11.9 Å². The Balaban J connectivity index is 0.00000243. The van der Waals surface area contributed by atoms with Gasteiger partial charge in [0, 0.05) is 38.1 Å². The zero-order valence-corrected chi connectivity index (χ0v) is 18.7. The summed E-state index contributed by atoms with van der Waals surface area (Å²) < 4.78 is 0. The molecule has 0 aromatic rings. The normalized spacial score (nSPS) is 24.3. The second kappa shape index (κ2) is 11.3. The van der Waals surface area contributed by atoms with E-state index in [2.05, 4.69) is 22.5 Å². The minimum atomic E-state index is 0. The third kappa shape index (κ3) is 6.89. The summed E-state index contributed by atoms with van der Waals surface area (Å²) in [5, 5.41) is 6.91. The fourth-order valence-electron chi connectivity index (χ4n) is 4.18. The van der Waals surface area contributed by atoms with Gasteiger partial charge in [0.1, 0.15) is 0 Å². The molecule has 0 aromatic heterocycles. The summed E-state index contributed by atoms with van der Waals surface area (Å²) in [6, 6.07) is 0.341. The van der Waals surface area contributed by atoms with Crippen LogP contribution in [0.15, 0.2) is 4.99 Å². The molecule has 5 nitrogen and oxygen atoms in total. The summed E-state index contributed by atoms with van der Waals surface area (Å²) in [6.07, 6.45) is 12.4. The maximum absolute atomic E-state index is 12.7. The fourth-order valence-corrected chi connectivity index (χ4v) is 4.18. The summed E-state index contributed by atoms with van der Waals surface area (Å²) >= 11 is 0. The zero-order valence-electron chi connectivity index (χ0n) is 16.3. The maximum atomic E-state index is 12.7. The lowest BCUT2D eigenvalue weighted by Crippen LogP contribution is -2.45. The van der Waals surface area contributed by atoms with Crippen molar-refractivity contribution >= 4 is 35.8 Å². The first-order chi connectivity index (χ1) is 12.3. The van der Waals surface area contributed by atoms with Crippen LogP contribution < -0.4 is 10.6 Å². The summed E-state index contributed by atoms with van der Waals surface area (Å²) in [7, 11) is 0. The number of rotatable bonds is 7. The summed E-state index contributed by atoms with van der Waals surface area (Å²) in [4.78, 5) is 19.5. The molecule has 2 aliphatic carbocycles. The van der Waals surface area contributed by atoms with Gasteiger partial charge >= 0.3 is 0 Å². The summed E-state index contributed by atoms with van der Waals surface area (Å²) in [5.41, 5.74) is 0. The number of likely N-dealkylation sites (tertiary alicyclic amines) is 1. The first-order valence-electron chi connectivity index (χ1n) is 10.6. The number of hydrogen-bond acceptors (Lipinski definition) is 2. The van der Waals surface area contributed by atoms with Crippen LogP contribution >= 0.6 is 24.0 Å². The smallest absolute Gasteiger partial charge is 0.225 e. The van der Waals surface area contributed by atoms with E-state index in [4.69, 9.17) is 4.99 Å². The molecule has 3 rings (SSSR count). The summed E-state index contributed by atoms with van der Waals surface area (Å²) in [5.74, 6) is 2.60. The molecule has 0 bridgehead atoms. The van der Waals surface area contributed by atoms with Crippen LogP contribution in [0.4, 0.5) is 0 Å². The Bertz CT molecular complexity index is 461. The monoisotopic (exact) mass is 476 g/mol. The third-order valence-corrected chi connectivity index (χ3v) is 5.88. The molecule has 150 valence electrons. The van der Waals surface area contributed by atoms with Gasteiger partial charge in [0.05, 0.1) is 0 Å². The standard InChI is InChI=1S/C20H36N4O.HI/c1-2-21-20(22-13-6-7-16-10-11-16)23-18-12-14-24(15-18)19(25)17-8-4-3-5-9-17;/h16-18H,2-15H2,1H3,(H2,21,22,23);1H. The number of nitrogens with one attached hydrogen (secondary N) is 2. The van der Waals surface area contributed by atoms with Gasteiger partial charge in [0.2, 0.25) is 5.91 Å². The van der Waals surface area contributed by atoms with Crippen molar-refractivity contribution in [3.8, 4) is 0 Å². The average Bonchev–Trinajstić information content (AvgIpc) is 3.35. The Hall–Kier alpha value is -0.530. The van der Waals surface area contributed by atoms with E-state index in [-0.39, 0.29) is 29.9 Å². The maximum Gasteiger partial charge on any atom is 0.225 e. The van der Waals surface area contributed by atoms with Gasteiger partial charge < -0.3 is 15.5 Å². The molecule has 3 fully saturated rings. The van der Waals surface area contributed by atoms with Crippen LogP contribution in [-0.4, -0.2) is 49.0 Å². The first-order valence-corrected chi connectivity index (χ1v) is 10.6. The molecular formula is C20H37IN4O. The SMILES string of the molecule is CCNC(=NCCCC1CC1)NC1CCN(C(=O)C2CCCCC2)C1.I. The molecule has 1 aliphatic heterocycles. The Morgan fingerprint density at radius 2 is 1.88 bits per heavy atom. The molecule has 1 atom stereocenters. The highest BCUT2D eigenvalue weighted by atomic mass is 127. The Morgan fingerprint density at radius 3 is 2.58 bits per heavy atom. The van der Waals surface area contributed by atoms with E-state index >= 15 is 0 Å². The molecule has 1 unspecified atom stereocenters. The van der Waals surface area contributed by atoms with E-state index in [1.807, 2.05) is 0 Å². The van der Waals surface area contributed by atoms with Crippen LogP contribution in [0.25, 0.3) is 0 Å². The number of carbonyl (C=O) groups excluding carboxylic acids is 1. The highest BCUT2D eigenvalue weighted by Crippen LogP contribution is 2.33. The molecule has 6 heteroatoms. The molecule has 0 aromatic carbocycles. The molecule has 1 heterocycles. The van der Waals surface area contributed by atoms with Crippen molar-refractivity contribution in [1.29, 1.82) is 0 Å². The number of guanidine groups is 1. The van der Waals surface area contributed by atoms with Gasteiger partial charge in [0.25, 0.3) is 0 Å². The highest BCUT2D eigenvalue weighted by Gasteiger charge is 2.31. The van der Waals surface area contributed by atoms with Gasteiger partial charge in [-0.2, -0.15) is 0 Å². The second-order valence-electron chi connectivity index (χ2n) is 8.10. The van der Waals surface area contributed by atoms with Gasteiger partial charge in [-0.25, -0.2) is 0 Å². The van der Waals surface area contributed by atoms with Crippen molar-refractivity contribution in [2.75, 3.05) is 26.2 Å². The largest absolute Gasteiger partial charge is 0.357 e. The quantitative estimate of drug-likeness (QED) is 0.256. The topological polar surface area (TPSA) is 56.7 Å².